The molecule has 1 aromatic heterocycles. The SMILES string of the molecule is O=C(O)c1cccc(Cl)c1.Oc1ccccn1. The molecular weight excluding hydrogens is 242 g/mol. The number of nitrogens with zero attached hydrogens (tertiary/aromatic N) is 1. The van der Waals surface area contributed by atoms with E-state index in [0.717, 1.165) is 0 Å². The maximum Gasteiger partial charge on any atom is 0.335 e. The average molecular weight is 252 g/mol. The second kappa shape index (κ2) is 6.50. The zero-order valence-electron chi connectivity index (χ0n) is 8.75. The van der Waals surface area contributed by atoms with Crippen LogP contribution in [0.15, 0.2) is 48.7 Å². The monoisotopic (exact) mass is 251 g/mol. The summed E-state index contributed by atoms with van der Waals surface area (Å²) in [5.74, 6) is -0.884. The summed E-state index contributed by atoms with van der Waals surface area (Å²) in [6.07, 6.45) is 1.54. The van der Waals surface area contributed by atoms with Gasteiger partial charge in [-0.2, -0.15) is 0 Å². The average Bonchev–Trinajstić information content (AvgIpc) is 2.31. The molecule has 0 saturated carbocycles. The van der Waals surface area contributed by atoms with Crippen LogP contribution in [0.3, 0.4) is 0 Å². The van der Waals surface area contributed by atoms with E-state index in [-0.39, 0.29) is 11.4 Å². The molecule has 2 rings (SSSR count). The third-order valence-electron chi connectivity index (χ3n) is 1.72. The number of pyridine rings is 1. The highest BCUT2D eigenvalue weighted by atomic mass is 35.5. The van der Waals surface area contributed by atoms with E-state index in [1.807, 2.05) is 0 Å². The zero-order chi connectivity index (χ0) is 12.7. The second-order valence-corrected chi connectivity index (χ2v) is 3.44. The molecule has 0 fully saturated rings. The number of hydrogen-bond acceptors (Lipinski definition) is 3. The van der Waals surface area contributed by atoms with Crippen LogP contribution >= 0.6 is 11.6 Å². The molecule has 0 spiro atoms. The van der Waals surface area contributed by atoms with Crippen LogP contribution in [0.5, 0.6) is 5.88 Å². The van der Waals surface area contributed by atoms with Crippen molar-refractivity contribution in [2.45, 2.75) is 0 Å². The van der Waals surface area contributed by atoms with Gasteiger partial charge in [0.2, 0.25) is 5.88 Å². The molecule has 0 saturated heterocycles. The summed E-state index contributed by atoms with van der Waals surface area (Å²) < 4.78 is 0. The molecule has 5 heteroatoms. The van der Waals surface area contributed by atoms with Crippen molar-refractivity contribution in [1.29, 1.82) is 0 Å². The molecule has 0 bridgehead atoms. The fraction of sp³-hybridized carbons (Fsp3) is 0. The van der Waals surface area contributed by atoms with Crippen molar-refractivity contribution in [3.8, 4) is 5.88 Å². The van der Waals surface area contributed by atoms with Gasteiger partial charge in [0.1, 0.15) is 0 Å². The fourth-order valence-corrected chi connectivity index (χ4v) is 1.17. The van der Waals surface area contributed by atoms with Crippen molar-refractivity contribution in [2.75, 3.05) is 0 Å². The normalized spacial score (nSPS) is 9.00. The third kappa shape index (κ3) is 4.99. The quantitative estimate of drug-likeness (QED) is 0.818. The van der Waals surface area contributed by atoms with E-state index in [1.165, 1.54) is 24.4 Å². The Morgan fingerprint density at radius 1 is 1.18 bits per heavy atom. The molecule has 2 aromatic rings. The molecule has 1 heterocycles. The van der Waals surface area contributed by atoms with E-state index in [0.29, 0.717) is 5.02 Å². The fourth-order valence-electron chi connectivity index (χ4n) is 0.975. The van der Waals surface area contributed by atoms with Crippen LogP contribution in [0.25, 0.3) is 0 Å². The Labute approximate surface area is 103 Å². The Kier molecular flexibility index (Phi) is 4.97. The van der Waals surface area contributed by atoms with E-state index in [9.17, 15) is 4.79 Å². The number of carboxylic acid groups (broad SMARTS) is 1. The van der Waals surface area contributed by atoms with Gasteiger partial charge in [-0.3, -0.25) is 0 Å². The summed E-state index contributed by atoms with van der Waals surface area (Å²) in [6.45, 7) is 0. The Morgan fingerprint density at radius 3 is 2.29 bits per heavy atom. The van der Waals surface area contributed by atoms with Crippen LogP contribution in [0, 0.1) is 0 Å². The number of aromatic hydroxyl groups is 1. The minimum Gasteiger partial charge on any atom is -0.493 e. The predicted octanol–water partition coefficient (Wildman–Crippen LogP) is 2.83. The Hall–Kier alpha value is -2.07. The number of aromatic nitrogens is 1. The molecular formula is C12H10ClNO3. The largest absolute Gasteiger partial charge is 0.493 e. The van der Waals surface area contributed by atoms with E-state index in [1.54, 1.807) is 24.3 Å². The molecule has 0 atom stereocenters. The lowest BCUT2D eigenvalue weighted by molar-refractivity contribution is 0.0697. The van der Waals surface area contributed by atoms with E-state index in [4.69, 9.17) is 21.8 Å². The molecule has 0 aliphatic rings. The van der Waals surface area contributed by atoms with Gasteiger partial charge >= 0.3 is 5.97 Å². The van der Waals surface area contributed by atoms with Crippen molar-refractivity contribution in [3.05, 3.63) is 59.2 Å². The van der Waals surface area contributed by atoms with Gasteiger partial charge in [-0.1, -0.05) is 23.7 Å². The minimum atomic E-state index is -0.956. The lowest BCUT2D eigenvalue weighted by Gasteiger charge is -1.92. The first-order valence-corrected chi connectivity index (χ1v) is 5.06. The van der Waals surface area contributed by atoms with Gasteiger partial charge in [-0.25, -0.2) is 9.78 Å². The minimum absolute atomic E-state index is 0.0718. The molecule has 2 N–H and O–H groups in total. The van der Waals surface area contributed by atoms with Crippen molar-refractivity contribution < 1.29 is 15.0 Å². The molecule has 4 nitrogen and oxygen atoms in total. The predicted molar refractivity (Wildman–Crippen MR) is 64.3 cm³/mol. The summed E-state index contributed by atoms with van der Waals surface area (Å²) in [5.41, 5.74) is 0.215. The first-order chi connectivity index (χ1) is 8.09. The van der Waals surface area contributed by atoms with Crippen molar-refractivity contribution >= 4 is 17.6 Å². The van der Waals surface area contributed by atoms with Crippen LogP contribution in [0.2, 0.25) is 5.02 Å². The van der Waals surface area contributed by atoms with Gasteiger partial charge in [-0.15, -0.1) is 0 Å². The van der Waals surface area contributed by atoms with E-state index < -0.39 is 5.97 Å². The summed E-state index contributed by atoms with van der Waals surface area (Å²) in [4.78, 5) is 13.8. The molecule has 0 amide bonds. The highest BCUT2D eigenvalue weighted by Gasteiger charge is 2.00. The van der Waals surface area contributed by atoms with Crippen molar-refractivity contribution in [3.63, 3.8) is 0 Å². The number of carboxylic acids is 1. The lowest BCUT2D eigenvalue weighted by Crippen LogP contribution is -1.94. The second-order valence-electron chi connectivity index (χ2n) is 3.00. The standard InChI is InChI=1S/C7H5ClO2.C5H5NO/c8-6-3-1-2-5(4-6)7(9)10;7-5-3-1-2-4-6-5/h1-4H,(H,9,10);1-4H,(H,6,7). The van der Waals surface area contributed by atoms with Crippen LogP contribution in [0.1, 0.15) is 10.4 Å². The van der Waals surface area contributed by atoms with E-state index in [2.05, 4.69) is 4.98 Å². The maximum absolute atomic E-state index is 10.3. The number of hydrogen-bond donors (Lipinski definition) is 2. The van der Waals surface area contributed by atoms with Gasteiger partial charge in [0, 0.05) is 17.3 Å². The summed E-state index contributed by atoms with van der Waals surface area (Å²) in [5, 5.41) is 17.4. The summed E-state index contributed by atoms with van der Waals surface area (Å²) >= 11 is 5.53. The molecule has 1 aromatic carbocycles. The number of carbonyl (C=O) groups is 1. The van der Waals surface area contributed by atoms with Crippen molar-refractivity contribution in [1.82, 2.24) is 4.98 Å². The van der Waals surface area contributed by atoms with Crippen LogP contribution in [-0.2, 0) is 0 Å². The summed E-state index contributed by atoms with van der Waals surface area (Å²) in [7, 11) is 0. The highest BCUT2D eigenvalue weighted by Crippen LogP contribution is 2.09. The number of aromatic carboxylic acids is 1. The van der Waals surface area contributed by atoms with Gasteiger partial charge in [0.25, 0.3) is 0 Å². The van der Waals surface area contributed by atoms with Crippen LogP contribution in [-0.4, -0.2) is 21.2 Å². The van der Waals surface area contributed by atoms with Gasteiger partial charge in [0.05, 0.1) is 5.56 Å². The van der Waals surface area contributed by atoms with Crippen molar-refractivity contribution in [2.24, 2.45) is 0 Å². The molecule has 0 unspecified atom stereocenters. The van der Waals surface area contributed by atoms with Crippen LogP contribution < -0.4 is 0 Å². The lowest BCUT2D eigenvalue weighted by atomic mass is 10.2. The number of halogens is 1. The first kappa shape index (κ1) is 13.0. The molecule has 0 radical (unpaired) electrons. The molecule has 88 valence electrons. The Balaban J connectivity index is 0.000000181. The first-order valence-electron chi connectivity index (χ1n) is 4.68. The van der Waals surface area contributed by atoms with E-state index >= 15 is 0 Å². The topological polar surface area (TPSA) is 70.4 Å². The highest BCUT2D eigenvalue weighted by molar-refractivity contribution is 6.30. The summed E-state index contributed by atoms with van der Waals surface area (Å²) in [6, 6.07) is 11.1. The smallest absolute Gasteiger partial charge is 0.335 e. The molecule has 17 heavy (non-hydrogen) atoms. The van der Waals surface area contributed by atoms with Gasteiger partial charge < -0.3 is 10.2 Å². The van der Waals surface area contributed by atoms with Crippen LogP contribution in [0.4, 0.5) is 0 Å². The number of benzene rings is 1. The zero-order valence-corrected chi connectivity index (χ0v) is 9.50. The third-order valence-corrected chi connectivity index (χ3v) is 1.96. The van der Waals surface area contributed by atoms with Gasteiger partial charge in [0.15, 0.2) is 0 Å². The van der Waals surface area contributed by atoms with Gasteiger partial charge in [-0.05, 0) is 24.3 Å². The molecule has 0 aliphatic heterocycles. The maximum atomic E-state index is 10.3. The Morgan fingerprint density at radius 2 is 1.94 bits per heavy atom. The Bertz CT molecular complexity index is 488. The number of rotatable bonds is 1. The molecule has 0 aliphatic carbocycles.